The van der Waals surface area contributed by atoms with E-state index in [0.29, 0.717) is 6.42 Å². The summed E-state index contributed by atoms with van der Waals surface area (Å²) in [5, 5.41) is 9.77. The van der Waals surface area contributed by atoms with E-state index in [0.717, 1.165) is 25.2 Å². The second kappa shape index (κ2) is 6.68. The van der Waals surface area contributed by atoms with Gasteiger partial charge in [-0.25, -0.2) is 0 Å². The van der Waals surface area contributed by atoms with Gasteiger partial charge in [-0.05, 0) is 18.9 Å². The minimum atomic E-state index is -0.613. The number of carbonyl (C=O) groups excluding carboxylic acids is 1. The van der Waals surface area contributed by atoms with Crippen LogP contribution in [-0.2, 0) is 6.54 Å². The van der Waals surface area contributed by atoms with E-state index in [2.05, 4.69) is 28.0 Å². The quantitative estimate of drug-likeness (QED) is 0.798. The molecule has 0 bridgehead atoms. The molecular weight excluding hydrogens is 322 g/mol. The third-order valence-electron chi connectivity index (χ3n) is 5.85. The normalized spacial score (nSPS) is 28.6. The zero-order valence-electron chi connectivity index (χ0n) is 15.0. The molecule has 0 aliphatic carbocycles. The summed E-state index contributed by atoms with van der Waals surface area (Å²) in [6.07, 6.45) is 0.602. The molecule has 4 rings (SSSR count). The molecule has 2 aromatic carbocycles. The average Bonchev–Trinajstić information content (AvgIpc) is 3.23. The molecule has 0 amide bonds. The van der Waals surface area contributed by atoms with Crippen molar-refractivity contribution in [1.82, 2.24) is 9.80 Å². The molecule has 0 saturated carbocycles. The standard InChI is InChI=1S/C22H23N3O/c1-22(20(26)18-10-6-3-7-11-18)14-19(15-23)21-24(12-13-25(21)22)16-17-8-4-2-5-9-17/h2-11,19,21H,12-14,16H2,1H3. The Bertz CT molecular complexity index is 829. The first-order chi connectivity index (χ1) is 12.6. The Balaban J connectivity index is 1.61. The maximum absolute atomic E-state index is 13.3. The van der Waals surface area contributed by atoms with Gasteiger partial charge in [-0.15, -0.1) is 0 Å². The summed E-state index contributed by atoms with van der Waals surface area (Å²) in [6, 6.07) is 22.3. The second-order valence-electron chi connectivity index (χ2n) is 7.47. The van der Waals surface area contributed by atoms with E-state index in [1.165, 1.54) is 5.56 Å². The minimum absolute atomic E-state index is 0.0119. The van der Waals surface area contributed by atoms with E-state index >= 15 is 0 Å². The number of hydrogen-bond acceptors (Lipinski definition) is 4. The van der Waals surface area contributed by atoms with Gasteiger partial charge >= 0.3 is 0 Å². The van der Waals surface area contributed by atoms with Gasteiger partial charge in [0, 0.05) is 25.2 Å². The number of carbonyl (C=O) groups is 1. The van der Waals surface area contributed by atoms with Crippen molar-refractivity contribution in [1.29, 1.82) is 5.26 Å². The third kappa shape index (κ3) is 2.74. The van der Waals surface area contributed by atoms with Gasteiger partial charge in [0.1, 0.15) is 0 Å². The molecule has 3 atom stereocenters. The highest BCUT2D eigenvalue weighted by atomic mass is 16.1. The molecule has 132 valence electrons. The van der Waals surface area contributed by atoms with Crippen LogP contribution in [0, 0.1) is 17.2 Å². The molecule has 4 heteroatoms. The molecule has 2 aromatic rings. The molecule has 0 aromatic heterocycles. The Morgan fingerprint density at radius 3 is 2.42 bits per heavy atom. The largest absolute Gasteiger partial charge is 0.292 e. The van der Waals surface area contributed by atoms with Crippen molar-refractivity contribution in [3.05, 3.63) is 71.8 Å². The number of nitrogens with zero attached hydrogens (tertiary/aromatic N) is 3. The summed E-state index contributed by atoms with van der Waals surface area (Å²) >= 11 is 0. The van der Waals surface area contributed by atoms with Crippen LogP contribution in [0.5, 0.6) is 0 Å². The Morgan fingerprint density at radius 2 is 1.77 bits per heavy atom. The summed E-state index contributed by atoms with van der Waals surface area (Å²) < 4.78 is 0. The first kappa shape index (κ1) is 17.0. The van der Waals surface area contributed by atoms with Crippen LogP contribution >= 0.6 is 0 Å². The highest BCUT2D eigenvalue weighted by Crippen LogP contribution is 2.44. The van der Waals surface area contributed by atoms with Gasteiger partial charge in [-0.1, -0.05) is 60.7 Å². The summed E-state index contributed by atoms with van der Waals surface area (Å²) in [5.74, 6) is -0.0266. The third-order valence-corrected chi connectivity index (χ3v) is 5.85. The highest BCUT2D eigenvalue weighted by Gasteiger charge is 2.57. The molecule has 0 radical (unpaired) electrons. The monoisotopic (exact) mass is 345 g/mol. The van der Waals surface area contributed by atoms with Crippen LogP contribution in [0.1, 0.15) is 29.3 Å². The number of hydrogen-bond donors (Lipinski definition) is 0. The van der Waals surface area contributed by atoms with Crippen molar-refractivity contribution in [2.24, 2.45) is 5.92 Å². The van der Waals surface area contributed by atoms with Gasteiger partial charge in [0.2, 0.25) is 0 Å². The molecule has 26 heavy (non-hydrogen) atoms. The number of benzene rings is 2. The van der Waals surface area contributed by atoms with Crippen LogP contribution in [0.15, 0.2) is 60.7 Å². The van der Waals surface area contributed by atoms with Crippen LogP contribution < -0.4 is 0 Å². The molecule has 0 N–H and O–H groups in total. The number of rotatable bonds is 4. The van der Waals surface area contributed by atoms with Crippen molar-refractivity contribution in [3.63, 3.8) is 0 Å². The molecule has 2 saturated heterocycles. The van der Waals surface area contributed by atoms with Crippen LogP contribution in [0.4, 0.5) is 0 Å². The number of fused-ring (bicyclic) bond motifs is 1. The number of ketones is 1. The second-order valence-corrected chi connectivity index (χ2v) is 7.47. The summed E-state index contributed by atoms with van der Waals surface area (Å²) in [4.78, 5) is 17.9. The molecular formula is C22H23N3O. The van der Waals surface area contributed by atoms with E-state index in [1.54, 1.807) is 0 Å². The maximum atomic E-state index is 13.3. The van der Waals surface area contributed by atoms with Crippen LogP contribution in [0.3, 0.4) is 0 Å². The van der Waals surface area contributed by atoms with Crippen molar-refractivity contribution >= 4 is 5.78 Å². The Morgan fingerprint density at radius 1 is 1.12 bits per heavy atom. The fourth-order valence-electron chi connectivity index (χ4n) is 4.59. The van der Waals surface area contributed by atoms with Gasteiger partial charge in [-0.3, -0.25) is 14.6 Å². The molecule has 4 nitrogen and oxygen atoms in total. The smallest absolute Gasteiger partial charge is 0.182 e. The summed E-state index contributed by atoms with van der Waals surface area (Å²) in [6.45, 7) is 4.54. The molecule has 3 unspecified atom stereocenters. The lowest BCUT2D eigenvalue weighted by molar-refractivity contribution is 0.0607. The molecule has 2 heterocycles. The van der Waals surface area contributed by atoms with E-state index in [1.807, 2.05) is 55.5 Å². The Labute approximate surface area is 154 Å². The average molecular weight is 345 g/mol. The lowest BCUT2D eigenvalue weighted by atomic mass is 9.86. The summed E-state index contributed by atoms with van der Waals surface area (Å²) in [7, 11) is 0. The predicted octanol–water partition coefficient (Wildman–Crippen LogP) is 3.32. The van der Waals surface area contributed by atoms with Crippen molar-refractivity contribution in [2.45, 2.75) is 31.6 Å². The Kier molecular flexibility index (Phi) is 4.36. The molecule has 2 aliphatic rings. The van der Waals surface area contributed by atoms with Crippen molar-refractivity contribution in [3.8, 4) is 6.07 Å². The highest BCUT2D eigenvalue weighted by molar-refractivity contribution is 6.03. The lowest BCUT2D eigenvalue weighted by Crippen LogP contribution is -2.50. The Hall–Kier alpha value is -2.48. The fraction of sp³-hybridized carbons (Fsp3) is 0.364. The summed E-state index contributed by atoms with van der Waals surface area (Å²) in [5.41, 5.74) is 1.36. The van der Waals surface area contributed by atoms with Gasteiger partial charge < -0.3 is 0 Å². The molecule has 0 spiro atoms. The first-order valence-electron chi connectivity index (χ1n) is 9.18. The van der Waals surface area contributed by atoms with E-state index < -0.39 is 5.54 Å². The lowest BCUT2D eigenvalue weighted by Gasteiger charge is -2.34. The first-order valence-corrected chi connectivity index (χ1v) is 9.18. The zero-order valence-corrected chi connectivity index (χ0v) is 15.0. The van der Waals surface area contributed by atoms with Gasteiger partial charge in [0.15, 0.2) is 5.78 Å². The van der Waals surface area contributed by atoms with E-state index in [-0.39, 0.29) is 17.9 Å². The van der Waals surface area contributed by atoms with Crippen LogP contribution in [0.25, 0.3) is 0 Å². The molecule has 2 aliphatic heterocycles. The SMILES string of the molecule is CC1(C(=O)c2ccccc2)CC(C#N)C2N(Cc3ccccc3)CCN21. The fourth-order valence-corrected chi connectivity index (χ4v) is 4.59. The maximum Gasteiger partial charge on any atom is 0.182 e. The van der Waals surface area contributed by atoms with Crippen LogP contribution in [-0.4, -0.2) is 40.4 Å². The number of Topliss-reactive ketones (excluding diaryl/α,β-unsaturated/α-hetero) is 1. The zero-order chi connectivity index (χ0) is 18.1. The van der Waals surface area contributed by atoms with Crippen molar-refractivity contribution in [2.75, 3.05) is 13.1 Å². The van der Waals surface area contributed by atoms with Gasteiger partial charge in [0.05, 0.1) is 23.7 Å². The van der Waals surface area contributed by atoms with Gasteiger partial charge in [0.25, 0.3) is 0 Å². The van der Waals surface area contributed by atoms with Crippen molar-refractivity contribution < 1.29 is 4.79 Å². The van der Waals surface area contributed by atoms with Gasteiger partial charge in [-0.2, -0.15) is 5.26 Å². The van der Waals surface area contributed by atoms with E-state index in [4.69, 9.17) is 0 Å². The topological polar surface area (TPSA) is 47.3 Å². The van der Waals surface area contributed by atoms with Crippen LogP contribution in [0.2, 0.25) is 0 Å². The minimum Gasteiger partial charge on any atom is -0.292 e. The van der Waals surface area contributed by atoms with E-state index in [9.17, 15) is 10.1 Å². The molecule has 2 fully saturated rings. The number of nitriles is 1. The predicted molar refractivity (Wildman–Crippen MR) is 100 cm³/mol.